The van der Waals surface area contributed by atoms with Gasteiger partial charge >= 0.3 is 0 Å². The summed E-state index contributed by atoms with van der Waals surface area (Å²) in [5, 5.41) is 12.2. The Balaban J connectivity index is 2.75. The number of oxime groups is 1. The molecule has 1 rings (SSSR count). The normalized spacial score (nSPS) is 11.0. The minimum absolute atomic E-state index is 0.0110. The van der Waals surface area contributed by atoms with Gasteiger partial charge in [0.2, 0.25) is 0 Å². The van der Waals surface area contributed by atoms with E-state index in [1.165, 1.54) is 18.2 Å². The molecule has 0 atom stereocenters. The van der Waals surface area contributed by atoms with E-state index in [9.17, 15) is 0 Å². The summed E-state index contributed by atoms with van der Waals surface area (Å²) in [6, 6.07) is 3.05. The fourth-order valence-corrected chi connectivity index (χ4v) is 2.06. The standard InChI is InChI=1S/C13H13Cl4NO4/c1-2-20-12(18-19)7-22-13-9(14)5-8(6-10(13)15)21-4-3-11(16)17/h3,5-6,19H,2,4,7H2,1H3. The topological polar surface area (TPSA) is 60.3 Å². The van der Waals surface area contributed by atoms with E-state index in [4.69, 9.17) is 65.8 Å². The van der Waals surface area contributed by atoms with Crippen LogP contribution in [0.2, 0.25) is 10.0 Å². The van der Waals surface area contributed by atoms with E-state index < -0.39 is 0 Å². The molecule has 122 valence electrons. The van der Waals surface area contributed by atoms with Crippen LogP contribution in [0.25, 0.3) is 0 Å². The van der Waals surface area contributed by atoms with Crippen LogP contribution in [0.4, 0.5) is 0 Å². The molecular weight excluding hydrogens is 376 g/mol. The number of rotatable bonds is 7. The predicted octanol–water partition coefficient (Wildman–Crippen LogP) is 4.89. The van der Waals surface area contributed by atoms with E-state index in [1.807, 2.05) is 0 Å². The molecule has 0 heterocycles. The number of nitrogens with zero attached hydrogens (tertiary/aromatic N) is 1. The maximum atomic E-state index is 8.73. The molecule has 22 heavy (non-hydrogen) atoms. The molecule has 0 unspecified atom stereocenters. The second-order valence-electron chi connectivity index (χ2n) is 3.74. The van der Waals surface area contributed by atoms with Gasteiger partial charge in [-0.1, -0.05) is 51.6 Å². The van der Waals surface area contributed by atoms with Crippen LogP contribution in [0, 0.1) is 0 Å². The smallest absolute Gasteiger partial charge is 0.263 e. The van der Waals surface area contributed by atoms with Gasteiger partial charge in [-0.15, -0.1) is 0 Å². The first kappa shape index (κ1) is 19.0. The van der Waals surface area contributed by atoms with Gasteiger partial charge in [-0.3, -0.25) is 0 Å². The average Bonchev–Trinajstić information content (AvgIpc) is 2.44. The van der Waals surface area contributed by atoms with Crippen molar-refractivity contribution in [2.24, 2.45) is 5.16 Å². The minimum atomic E-state index is -0.116. The van der Waals surface area contributed by atoms with Gasteiger partial charge in [0, 0.05) is 12.1 Å². The molecule has 5 nitrogen and oxygen atoms in total. The lowest BCUT2D eigenvalue weighted by Gasteiger charge is -2.12. The Morgan fingerprint density at radius 1 is 1.23 bits per heavy atom. The Hall–Kier alpha value is -1.01. The second-order valence-corrected chi connectivity index (χ2v) is 5.56. The zero-order chi connectivity index (χ0) is 16.5. The molecule has 1 aromatic carbocycles. The van der Waals surface area contributed by atoms with Gasteiger partial charge in [-0.2, -0.15) is 0 Å². The van der Waals surface area contributed by atoms with Crippen molar-refractivity contribution < 1.29 is 19.4 Å². The van der Waals surface area contributed by atoms with Gasteiger partial charge in [0.05, 0.1) is 16.7 Å². The van der Waals surface area contributed by atoms with E-state index in [-0.39, 0.29) is 39.4 Å². The van der Waals surface area contributed by atoms with Crippen LogP contribution >= 0.6 is 46.4 Å². The Morgan fingerprint density at radius 2 is 1.86 bits per heavy atom. The van der Waals surface area contributed by atoms with Crippen molar-refractivity contribution in [3.63, 3.8) is 0 Å². The number of ether oxygens (including phenoxy) is 3. The minimum Gasteiger partial charge on any atom is -0.489 e. The number of hydrogen-bond donors (Lipinski definition) is 1. The molecule has 0 saturated carbocycles. The van der Waals surface area contributed by atoms with Crippen molar-refractivity contribution in [1.82, 2.24) is 0 Å². The van der Waals surface area contributed by atoms with Gasteiger partial charge in [0.15, 0.2) is 12.4 Å². The number of benzene rings is 1. The summed E-state index contributed by atoms with van der Waals surface area (Å²) in [5.41, 5.74) is 0. The molecule has 0 fully saturated rings. The van der Waals surface area contributed by atoms with Crippen LogP contribution < -0.4 is 9.47 Å². The lowest BCUT2D eigenvalue weighted by Crippen LogP contribution is -2.15. The molecule has 0 aliphatic carbocycles. The number of hydrogen-bond acceptors (Lipinski definition) is 5. The fraction of sp³-hybridized carbons (Fsp3) is 0.308. The number of halogens is 4. The molecule has 0 amide bonds. The van der Waals surface area contributed by atoms with Crippen LogP contribution in [0.5, 0.6) is 11.5 Å². The summed E-state index contributed by atoms with van der Waals surface area (Å²) in [6.07, 6.45) is 1.47. The molecule has 0 radical (unpaired) electrons. The Morgan fingerprint density at radius 3 is 2.36 bits per heavy atom. The predicted molar refractivity (Wildman–Crippen MR) is 88.1 cm³/mol. The molecule has 0 spiro atoms. The molecule has 1 aromatic rings. The highest BCUT2D eigenvalue weighted by Crippen LogP contribution is 2.37. The van der Waals surface area contributed by atoms with Gasteiger partial charge < -0.3 is 19.4 Å². The average molecular weight is 389 g/mol. The lowest BCUT2D eigenvalue weighted by molar-refractivity contribution is 0.234. The molecule has 0 aliphatic rings. The molecule has 0 saturated heterocycles. The summed E-state index contributed by atoms with van der Waals surface area (Å²) >= 11 is 23.1. The van der Waals surface area contributed by atoms with E-state index in [1.54, 1.807) is 6.92 Å². The van der Waals surface area contributed by atoms with E-state index >= 15 is 0 Å². The van der Waals surface area contributed by atoms with Crippen molar-refractivity contribution in [2.75, 3.05) is 19.8 Å². The molecule has 1 N–H and O–H groups in total. The first-order valence-electron chi connectivity index (χ1n) is 6.07. The van der Waals surface area contributed by atoms with E-state index in [2.05, 4.69) is 5.16 Å². The Labute approximate surface area is 147 Å². The maximum Gasteiger partial charge on any atom is 0.263 e. The summed E-state index contributed by atoms with van der Waals surface area (Å²) < 4.78 is 15.9. The third kappa shape index (κ3) is 6.40. The van der Waals surface area contributed by atoms with Crippen LogP contribution in [0.1, 0.15) is 6.92 Å². The van der Waals surface area contributed by atoms with Crippen molar-refractivity contribution in [3.05, 3.63) is 32.7 Å². The van der Waals surface area contributed by atoms with Crippen molar-refractivity contribution >= 4 is 52.3 Å². The zero-order valence-corrected chi connectivity index (χ0v) is 14.5. The van der Waals surface area contributed by atoms with Crippen LogP contribution in [0.3, 0.4) is 0 Å². The van der Waals surface area contributed by atoms with Crippen molar-refractivity contribution in [3.8, 4) is 11.5 Å². The van der Waals surface area contributed by atoms with E-state index in [0.29, 0.717) is 12.4 Å². The summed E-state index contributed by atoms with van der Waals surface area (Å²) in [6.45, 7) is 2.14. The molecule has 9 heteroatoms. The van der Waals surface area contributed by atoms with Crippen LogP contribution in [-0.4, -0.2) is 30.9 Å². The van der Waals surface area contributed by atoms with Crippen LogP contribution in [-0.2, 0) is 4.74 Å². The third-order valence-electron chi connectivity index (χ3n) is 2.22. The highest BCUT2D eigenvalue weighted by molar-refractivity contribution is 6.55. The largest absolute Gasteiger partial charge is 0.489 e. The highest BCUT2D eigenvalue weighted by Gasteiger charge is 2.12. The quantitative estimate of drug-likeness (QED) is 0.312. The van der Waals surface area contributed by atoms with Crippen molar-refractivity contribution in [1.29, 1.82) is 0 Å². The molecule has 0 bridgehead atoms. The van der Waals surface area contributed by atoms with Gasteiger partial charge in [0.25, 0.3) is 5.90 Å². The molecular formula is C13H13Cl4NO4. The second kappa shape index (κ2) is 9.90. The fourth-order valence-electron chi connectivity index (χ4n) is 1.36. The zero-order valence-electron chi connectivity index (χ0n) is 11.5. The monoisotopic (exact) mass is 387 g/mol. The van der Waals surface area contributed by atoms with Crippen LogP contribution in [0.15, 0.2) is 27.9 Å². The Kier molecular flexibility index (Phi) is 8.56. The molecule has 0 aliphatic heterocycles. The molecule has 0 aromatic heterocycles. The van der Waals surface area contributed by atoms with E-state index in [0.717, 1.165) is 0 Å². The SMILES string of the molecule is CCOC(COc1c(Cl)cc(OCC=C(Cl)Cl)cc1Cl)=NO. The first-order chi connectivity index (χ1) is 10.5. The Bertz CT molecular complexity index is 536. The lowest BCUT2D eigenvalue weighted by atomic mass is 10.3. The first-order valence-corrected chi connectivity index (χ1v) is 7.58. The summed E-state index contributed by atoms with van der Waals surface area (Å²) in [5.74, 6) is 0.661. The van der Waals surface area contributed by atoms with Gasteiger partial charge in [0.1, 0.15) is 16.8 Å². The van der Waals surface area contributed by atoms with Gasteiger partial charge in [-0.05, 0) is 13.0 Å². The summed E-state index contributed by atoms with van der Waals surface area (Å²) in [4.78, 5) is 0. The summed E-state index contributed by atoms with van der Waals surface area (Å²) in [7, 11) is 0. The van der Waals surface area contributed by atoms with Crippen molar-refractivity contribution in [2.45, 2.75) is 6.92 Å². The third-order valence-corrected chi connectivity index (χ3v) is 3.09. The maximum absolute atomic E-state index is 8.73. The highest BCUT2D eigenvalue weighted by atomic mass is 35.5. The van der Waals surface area contributed by atoms with Gasteiger partial charge in [-0.25, -0.2) is 0 Å².